The molecule has 2 aromatic rings. The summed E-state index contributed by atoms with van der Waals surface area (Å²) in [7, 11) is -4.15. The van der Waals surface area contributed by atoms with Crippen molar-refractivity contribution in [2.24, 2.45) is 0 Å². The van der Waals surface area contributed by atoms with Crippen LogP contribution in [0.2, 0.25) is 0 Å². The summed E-state index contributed by atoms with van der Waals surface area (Å²) in [6.07, 6.45) is 0. The van der Waals surface area contributed by atoms with E-state index in [-0.39, 0.29) is 11.3 Å². The normalized spacial score (nSPS) is 11.6. The molecule has 0 aliphatic carbocycles. The molecule has 0 spiro atoms. The first-order valence-electron chi connectivity index (χ1n) is 5.78. The molecule has 0 heterocycles. The van der Waals surface area contributed by atoms with Crippen LogP contribution >= 0.6 is 0 Å². The Labute approximate surface area is 119 Å². The van der Waals surface area contributed by atoms with Gasteiger partial charge >= 0.3 is 0 Å². The maximum atomic E-state index is 13.4. The molecule has 0 fully saturated rings. The zero-order chi connectivity index (χ0) is 15.6. The lowest BCUT2D eigenvalue weighted by Crippen LogP contribution is -2.24. The molecular weight excluding hydrogens is 305 g/mol. The van der Waals surface area contributed by atoms with Gasteiger partial charge in [0.15, 0.2) is 0 Å². The lowest BCUT2D eigenvalue weighted by atomic mass is 10.2. The number of nitrogens with two attached hydrogens (primary N) is 1. The van der Waals surface area contributed by atoms with Crippen LogP contribution in [0.5, 0.6) is 0 Å². The van der Waals surface area contributed by atoms with Crippen LogP contribution in [0.25, 0.3) is 0 Å². The maximum absolute atomic E-state index is 13.4. The largest absolute Gasteiger partial charge is 0.398 e. The fourth-order valence-electron chi connectivity index (χ4n) is 1.67. The average Bonchev–Trinajstić information content (AvgIpc) is 2.42. The third kappa shape index (κ3) is 3.53. The van der Waals surface area contributed by atoms with Gasteiger partial charge in [-0.25, -0.2) is 26.3 Å². The van der Waals surface area contributed by atoms with Crippen molar-refractivity contribution in [2.45, 2.75) is 11.4 Å². The van der Waals surface area contributed by atoms with Gasteiger partial charge in [-0.05, 0) is 36.4 Å². The van der Waals surface area contributed by atoms with Crippen LogP contribution in [0.15, 0.2) is 41.3 Å². The van der Waals surface area contributed by atoms with E-state index in [0.29, 0.717) is 0 Å². The fraction of sp³-hybridized carbons (Fsp3) is 0.0769. The third-order valence-electron chi connectivity index (χ3n) is 2.73. The molecular formula is C13H11F3N2O2S. The van der Waals surface area contributed by atoms with Crippen LogP contribution in [-0.4, -0.2) is 8.42 Å². The van der Waals surface area contributed by atoms with Crippen molar-refractivity contribution in [2.75, 3.05) is 5.73 Å². The van der Waals surface area contributed by atoms with Gasteiger partial charge in [-0.15, -0.1) is 0 Å². The molecule has 3 N–H and O–H groups in total. The highest BCUT2D eigenvalue weighted by Crippen LogP contribution is 2.19. The molecule has 0 aliphatic rings. The van der Waals surface area contributed by atoms with Gasteiger partial charge in [0.2, 0.25) is 10.0 Å². The second-order valence-corrected chi connectivity index (χ2v) is 5.98. The number of rotatable bonds is 4. The fourth-order valence-corrected chi connectivity index (χ4v) is 2.82. The standard InChI is InChI=1S/C13H11F3N2O2S/c14-9-1-3-11(16)8(5-9)7-18-21(19,20)13-6-10(15)2-4-12(13)17/h1-6,18H,7,17H2. The Morgan fingerprint density at radius 1 is 1.00 bits per heavy atom. The van der Waals surface area contributed by atoms with Crippen LogP contribution < -0.4 is 10.5 Å². The summed E-state index contributed by atoms with van der Waals surface area (Å²) in [5.41, 5.74) is 5.16. The van der Waals surface area contributed by atoms with Crippen molar-refractivity contribution in [3.8, 4) is 0 Å². The van der Waals surface area contributed by atoms with E-state index in [4.69, 9.17) is 5.73 Å². The Hall–Kier alpha value is -2.06. The number of halogens is 3. The van der Waals surface area contributed by atoms with Gasteiger partial charge in [0.05, 0.1) is 5.69 Å². The number of benzene rings is 2. The van der Waals surface area contributed by atoms with Crippen LogP contribution in [0, 0.1) is 17.5 Å². The molecule has 21 heavy (non-hydrogen) atoms. The van der Waals surface area contributed by atoms with Gasteiger partial charge in [0, 0.05) is 12.1 Å². The van der Waals surface area contributed by atoms with Gasteiger partial charge < -0.3 is 5.73 Å². The molecule has 8 heteroatoms. The van der Waals surface area contributed by atoms with E-state index in [0.717, 1.165) is 36.4 Å². The Bertz CT molecular complexity index is 779. The molecule has 4 nitrogen and oxygen atoms in total. The first kappa shape index (κ1) is 15.3. The molecule has 0 saturated heterocycles. The second kappa shape index (κ2) is 5.74. The summed E-state index contributed by atoms with van der Waals surface area (Å²) in [6.45, 7) is -0.484. The molecule has 0 radical (unpaired) electrons. The molecule has 0 aromatic heterocycles. The highest BCUT2D eigenvalue weighted by molar-refractivity contribution is 7.89. The monoisotopic (exact) mass is 316 g/mol. The van der Waals surface area contributed by atoms with Crippen molar-refractivity contribution in [1.82, 2.24) is 4.72 Å². The van der Waals surface area contributed by atoms with E-state index in [1.807, 2.05) is 4.72 Å². The quantitative estimate of drug-likeness (QED) is 0.849. The molecule has 2 aromatic carbocycles. The maximum Gasteiger partial charge on any atom is 0.243 e. The van der Waals surface area contributed by atoms with E-state index in [9.17, 15) is 21.6 Å². The minimum Gasteiger partial charge on any atom is -0.398 e. The molecule has 0 unspecified atom stereocenters. The summed E-state index contributed by atoms with van der Waals surface area (Å²) in [5.74, 6) is -2.23. The second-order valence-electron chi connectivity index (χ2n) is 4.24. The third-order valence-corrected chi connectivity index (χ3v) is 4.18. The van der Waals surface area contributed by atoms with Crippen molar-refractivity contribution in [3.05, 3.63) is 59.4 Å². The minimum atomic E-state index is -4.15. The van der Waals surface area contributed by atoms with Crippen molar-refractivity contribution in [1.29, 1.82) is 0 Å². The Kier molecular flexibility index (Phi) is 4.19. The lowest BCUT2D eigenvalue weighted by Gasteiger charge is -2.10. The number of hydrogen-bond donors (Lipinski definition) is 2. The van der Waals surface area contributed by atoms with E-state index >= 15 is 0 Å². The lowest BCUT2D eigenvalue weighted by molar-refractivity contribution is 0.565. The Morgan fingerprint density at radius 2 is 1.62 bits per heavy atom. The van der Waals surface area contributed by atoms with E-state index in [1.165, 1.54) is 0 Å². The molecule has 2 rings (SSSR count). The van der Waals surface area contributed by atoms with Crippen LogP contribution in [0.4, 0.5) is 18.9 Å². The van der Waals surface area contributed by atoms with E-state index in [1.54, 1.807) is 0 Å². The number of anilines is 1. The molecule has 0 saturated carbocycles. The molecule has 0 atom stereocenters. The van der Waals surface area contributed by atoms with Crippen LogP contribution in [0.3, 0.4) is 0 Å². The van der Waals surface area contributed by atoms with Gasteiger partial charge in [-0.2, -0.15) is 0 Å². The number of sulfonamides is 1. The Morgan fingerprint density at radius 3 is 2.33 bits per heavy atom. The van der Waals surface area contributed by atoms with Crippen LogP contribution in [0.1, 0.15) is 5.56 Å². The number of hydrogen-bond acceptors (Lipinski definition) is 3. The van der Waals surface area contributed by atoms with Gasteiger partial charge in [-0.3, -0.25) is 0 Å². The molecule has 0 aliphatic heterocycles. The summed E-state index contributed by atoms with van der Waals surface area (Å²) in [4.78, 5) is -0.459. The molecule has 0 bridgehead atoms. The van der Waals surface area contributed by atoms with E-state index < -0.39 is 38.9 Å². The van der Waals surface area contributed by atoms with Crippen LogP contribution in [-0.2, 0) is 16.6 Å². The zero-order valence-corrected chi connectivity index (χ0v) is 11.4. The first-order chi connectivity index (χ1) is 9.79. The van der Waals surface area contributed by atoms with Gasteiger partial charge in [0.25, 0.3) is 0 Å². The topological polar surface area (TPSA) is 72.2 Å². The SMILES string of the molecule is Nc1ccc(F)cc1S(=O)(=O)NCc1cc(F)ccc1F. The first-order valence-corrected chi connectivity index (χ1v) is 7.26. The molecule has 112 valence electrons. The number of nitrogens with one attached hydrogen (secondary N) is 1. The molecule has 0 amide bonds. The van der Waals surface area contributed by atoms with Crippen molar-refractivity contribution >= 4 is 15.7 Å². The smallest absolute Gasteiger partial charge is 0.243 e. The highest BCUT2D eigenvalue weighted by Gasteiger charge is 2.18. The predicted octanol–water partition coefficient (Wildman–Crippen LogP) is 2.16. The Balaban J connectivity index is 2.26. The minimum absolute atomic E-state index is 0.149. The van der Waals surface area contributed by atoms with Crippen molar-refractivity contribution < 1.29 is 21.6 Å². The van der Waals surface area contributed by atoms with Gasteiger partial charge in [0.1, 0.15) is 22.3 Å². The van der Waals surface area contributed by atoms with E-state index in [2.05, 4.69) is 0 Å². The summed E-state index contributed by atoms with van der Waals surface area (Å²) in [6, 6.07) is 5.53. The van der Waals surface area contributed by atoms with Crippen molar-refractivity contribution in [3.63, 3.8) is 0 Å². The highest BCUT2D eigenvalue weighted by atomic mass is 32.2. The average molecular weight is 316 g/mol. The summed E-state index contributed by atoms with van der Waals surface area (Å²) >= 11 is 0. The number of nitrogen functional groups attached to an aromatic ring is 1. The summed E-state index contributed by atoms with van der Waals surface area (Å²) in [5, 5.41) is 0. The van der Waals surface area contributed by atoms with Gasteiger partial charge in [-0.1, -0.05) is 0 Å². The summed E-state index contributed by atoms with van der Waals surface area (Å²) < 4.78 is 65.5. The predicted molar refractivity (Wildman–Crippen MR) is 71.2 cm³/mol. The zero-order valence-electron chi connectivity index (χ0n) is 10.6.